The molecule has 1 aromatic carbocycles. The number of carbonyl (C=O) groups excluding carboxylic acids is 2. The Hall–Kier alpha value is -3.28. The predicted molar refractivity (Wildman–Crippen MR) is 138 cm³/mol. The van der Waals surface area contributed by atoms with E-state index in [4.69, 9.17) is 11.5 Å². The van der Waals surface area contributed by atoms with E-state index in [-0.39, 0.29) is 17.8 Å². The molecule has 1 unspecified atom stereocenters. The number of urea groups is 1. The van der Waals surface area contributed by atoms with Crippen LogP contribution in [0.5, 0.6) is 0 Å². The number of hydrogen-bond donors (Lipinski definition) is 3. The molecule has 0 saturated carbocycles. The summed E-state index contributed by atoms with van der Waals surface area (Å²) >= 11 is 0. The van der Waals surface area contributed by atoms with Crippen molar-refractivity contribution < 1.29 is 9.59 Å². The van der Waals surface area contributed by atoms with E-state index in [0.29, 0.717) is 37.8 Å². The quantitative estimate of drug-likeness (QED) is 0.526. The van der Waals surface area contributed by atoms with Crippen molar-refractivity contribution >= 4 is 17.8 Å². The lowest BCUT2D eigenvalue weighted by Crippen LogP contribution is -2.58. The van der Waals surface area contributed by atoms with E-state index >= 15 is 0 Å². The van der Waals surface area contributed by atoms with Crippen molar-refractivity contribution in [1.29, 1.82) is 0 Å². The molecule has 0 radical (unpaired) electrons. The molecule has 1 atom stereocenters. The number of hydrogen-bond acceptors (Lipinski definition) is 7. The average Bonchev–Trinajstić information content (AvgIpc) is 3.31. The van der Waals surface area contributed by atoms with Crippen LogP contribution in [0, 0.1) is 5.92 Å². The van der Waals surface area contributed by atoms with Crippen LogP contribution < -0.4 is 22.5 Å². The summed E-state index contributed by atoms with van der Waals surface area (Å²) in [5.41, 5.74) is 12.1. The van der Waals surface area contributed by atoms with E-state index in [0.717, 1.165) is 32.6 Å². The zero-order valence-corrected chi connectivity index (χ0v) is 21.0. The number of amides is 3. The van der Waals surface area contributed by atoms with Gasteiger partial charge >= 0.3 is 11.7 Å². The highest BCUT2D eigenvalue weighted by atomic mass is 16.2. The maximum atomic E-state index is 12.7. The average molecular weight is 497 g/mol. The molecule has 5 N–H and O–H groups in total. The van der Waals surface area contributed by atoms with Gasteiger partial charge in [-0.2, -0.15) is 4.98 Å². The van der Waals surface area contributed by atoms with Gasteiger partial charge in [-0.3, -0.25) is 19.6 Å². The maximum absolute atomic E-state index is 12.7. The Kier molecular flexibility index (Phi) is 7.72. The third-order valence-electron chi connectivity index (χ3n) is 6.77. The van der Waals surface area contributed by atoms with Crippen molar-refractivity contribution in [3.8, 4) is 5.69 Å². The molecule has 2 aliphatic rings. The maximum Gasteiger partial charge on any atom is 0.354 e. The molecule has 0 aliphatic carbocycles. The minimum atomic E-state index is -0.944. The topological polar surface area (TPSA) is 143 Å². The first-order chi connectivity index (χ1) is 17.1. The van der Waals surface area contributed by atoms with Crippen LogP contribution in [0.3, 0.4) is 0 Å². The molecule has 3 amide bonds. The highest BCUT2D eigenvalue weighted by Crippen LogP contribution is 2.18. The second-order valence-electron chi connectivity index (χ2n) is 10.2. The lowest BCUT2D eigenvalue weighted by molar-refractivity contribution is -0.137. The van der Waals surface area contributed by atoms with Crippen LogP contribution in [0.15, 0.2) is 41.3 Å². The number of benzene rings is 1. The van der Waals surface area contributed by atoms with Gasteiger partial charge in [0.15, 0.2) is 0 Å². The van der Waals surface area contributed by atoms with Gasteiger partial charge in [0.1, 0.15) is 5.82 Å². The van der Waals surface area contributed by atoms with Gasteiger partial charge in [0.25, 0.3) is 0 Å². The first-order valence-corrected chi connectivity index (χ1v) is 12.4. The summed E-state index contributed by atoms with van der Waals surface area (Å²) in [6.45, 7) is 8.57. The number of rotatable bonds is 6. The summed E-state index contributed by atoms with van der Waals surface area (Å²) in [6.07, 6.45) is 2.74. The van der Waals surface area contributed by atoms with Crippen LogP contribution in [0.25, 0.3) is 5.69 Å². The Bertz CT molecular complexity index is 1130. The van der Waals surface area contributed by atoms with Gasteiger partial charge in [-0.25, -0.2) is 9.59 Å². The van der Waals surface area contributed by atoms with Gasteiger partial charge in [-0.1, -0.05) is 12.1 Å². The Morgan fingerprint density at radius 2 is 1.72 bits per heavy atom. The lowest BCUT2D eigenvalue weighted by atomic mass is 10.1. The summed E-state index contributed by atoms with van der Waals surface area (Å²) in [4.78, 5) is 47.3. The number of aromatic nitrogens is 2. The molecule has 4 rings (SSSR count). The van der Waals surface area contributed by atoms with Crippen molar-refractivity contribution in [2.75, 3.05) is 51.1 Å². The zero-order valence-electron chi connectivity index (χ0n) is 21.0. The van der Waals surface area contributed by atoms with Crippen LogP contribution in [0.4, 0.5) is 10.6 Å². The summed E-state index contributed by atoms with van der Waals surface area (Å²) in [7, 11) is 0. The van der Waals surface area contributed by atoms with E-state index < -0.39 is 11.2 Å². The van der Waals surface area contributed by atoms with Crippen LogP contribution in [-0.2, 0) is 11.3 Å². The summed E-state index contributed by atoms with van der Waals surface area (Å²) in [6, 6.07) is 9.07. The Labute approximate surface area is 211 Å². The van der Waals surface area contributed by atoms with Crippen LogP contribution in [0.2, 0.25) is 0 Å². The standard InChI is InChI=1S/C25H36N8O3/c1-25(2,27)22(34)31-11-13-32(14-12-31)23(35)28-21-8-10-33(24(36)29-21)20-5-3-18(4-6-20)16-30-9-7-19(15-26)17-30/h3-6,8,10,19H,7,9,11-17,26-27H2,1-2H3,(H,28,29,35,36). The number of nitrogens with zero attached hydrogens (tertiary/aromatic N) is 5. The second kappa shape index (κ2) is 10.8. The molecule has 194 valence electrons. The number of nitrogens with one attached hydrogen (secondary N) is 1. The number of carbonyl (C=O) groups is 2. The minimum Gasteiger partial charge on any atom is -0.338 e. The molecule has 2 fully saturated rings. The predicted octanol–water partition coefficient (Wildman–Crippen LogP) is 0.427. The molecule has 0 bridgehead atoms. The minimum absolute atomic E-state index is 0.142. The highest BCUT2D eigenvalue weighted by molar-refractivity contribution is 5.89. The van der Waals surface area contributed by atoms with Gasteiger partial charge in [0.2, 0.25) is 5.91 Å². The van der Waals surface area contributed by atoms with Crippen molar-refractivity contribution in [3.05, 3.63) is 52.6 Å². The number of nitrogens with two attached hydrogens (primary N) is 2. The molecular formula is C25H36N8O3. The van der Waals surface area contributed by atoms with Gasteiger partial charge in [-0.05, 0) is 63.0 Å². The summed E-state index contributed by atoms with van der Waals surface area (Å²) in [5.74, 6) is 0.616. The Morgan fingerprint density at radius 3 is 2.31 bits per heavy atom. The third kappa shape index (κ3) is 6.10. The van der Waals surface area contributed by atoms with E-state index in [1.54, 1.807) is 35.9 Å². The van der Waals surface area contributed by atoms with Crippen LogP contribution in [0.1, 0.15) is 25.8 Å². The fraction of sp³-hybridized carbons (Fsp3) is 0.520. The fourth-order valence-corrected chi connectivity index (χ4v) is 4.65. The molecule has 11 heteroatoms. The second-order valence-corrected chi connectivity index (χ2v) is 10.2. The number of anilines is 1. The van der Waals surface area contributed by atoms with Crippen LogP contribution >= 0.6 is 0 Å². The highest BCUT2D eigenvalue weighted by Gasteiger charge is 2.31. The van der Waals surface area contributed by atoms with E-state index in [9.17, 15) is 14.4 Å². The first-order valence-electron chi connectivity index (χ1n) is 12.4. The van der Waals surface area contributed by atoms with Gasteiger partial charge in [0.05, 0.1) is 11.2 Å². The Balaban J connectivity index is 1.32. The molecule has 11 nitrogen and oxygen atoms in total. The first kappa shape index (κ1) is 25.8. The van der Waals surface area contributed by atoms with Gasteiger partial charge in [-0.15, -0.1) is 0 Å². The van der Waals surface area contributed by atoms with Crippen LogP contribution in [-0.4, -0.2) is 87.5 Å². The summed E-state index contributed by atoms with van der Waals surface area (Å²) < 4.78 is 1.44. The van der Waals surface area contributed by atoms with E-state index in [1.807, 2.05) is 24.3 Å². The smallest absolute Gasteiger partial charge is 0.338 e. The number of likely N-dealkylation sites (tertiary alicyclic amines) is 1. The molecule has 36 heavy (non-hydrogen) atoms. The van der Waals surface area contributed by atoms with Crippen molar-refractivity contribution in [3.63, 3.8) is 0 Å². The van der Waals surface area contributed by atoms with Crippen molar-refractivity contribution in [2.45, 2.75) is 32.4 Å². The zero-order chi connectivity index (χ0) is 25.9. The van der Waals surface area contributed by atoms with Crippen molar-refractivity contribution in [1.82, 2.24) is 24.3 Å². The normalized spacial score (nSPS) is 18.9. The van der Waals surface area contributed by atoms with Gasteiger partial charge in [0, 0.05) is 45.5 Å². The van der Waals surface area contributed by atoms with Gasteiger partial charge < -0.3 is 21.3 Å². The largest absolute Gasteiger partial charge is 0.354 e. The van der Waals surface area contributed by atoms with E-state index in [2.05, 4.69) is 15.2 Å². The number of piperazine rings is 1. The molecule has 2 aromatic rings. The van der Waals surface area contributed by atoms with Crippen molar-refractivity contribution in [2.24, 2.45) is 17.4 Å². The molecule has 2 saturated heterocycles. The molecule has 3 heterocycles. The molecular weight excluding hydrogens is 460 g/mol. The molecule has 1 aromatic heterocycles. The molecule has 2 aliphatic heterocycles. The summed E-state index contributed by atoms with van der Waals surface area (Å²) in [5, 5.41) is 2.68. The monoisotopic (exact) mass is 496 g/mol. The third-order valence-corrected chi connectivity index (χ3v) is 6.77. The van der Waals surface area contributed by atoms with E-state index in [1.165, 1.54) is 10.1 Å². The molecule has 0 spiro atoms. The lowest BCUT2D eigenvalue weighted by Gasteiger charge is -2.37. The Morgan fingerprint density at radius 1 is 1.06 bits per heavy atom. The fourth-order valence-electron chi connectivity index (χ4n) is 4.65. The SMILES string of the molecule is CC(C)(N)C(=O)N1CCN(C(=O)Nc2ccn(-c3ccc(CN4CCC(CN)C4)cc3)c(=O)n2)CC1.